The molecule has 20 heavy (non-hydrogen) atoms. The Morgan fingerprint density at radius 3 is 2.80 bits per heavy atom. The molecule has 108 valence electrons. The van der Waals surface area contributed by atoms with Gasteiger partial charge in [0.25, 0.3) is 0 Å². The number of rotatable bonds is 4. The van der Waals surface area contributed by atoms with Crippen molar-refractivity contribution in [2.75, 3.05) is 6.54 Å². The van der Waals surface area contributed by atoms with Gasteiger partial charge in [0.05, 0.1) is 12.5 Å². The van der Waals surface area contributed by atoms with Crippen LogP contribution in [0.1, 0.15) is 43.7 Å². The van der Waals surface area contributed by atoms with Crippen molar-refractivity contribution in [3.63, 3.8) is 0 Å². The normalized spacial score (nSPS) is 18.9. The molecule has 1 saturated heterocycles. The van der Waals surface area contributed by atoms with Crippen molar-refractivity contribution in [3.8, 4) is 0 Å². The van der Waals surface area contributed by atoms with Crippen LogP contribution in [-0.2, 0) is 9.59 Å². The summed E-state index contributed by atoms with van der Waals surface area (Å²) in [5.41, 5.74) is 1.03. The van der Waals surface area contributed by atoms with Gasteiger partial charge < -0.3 is 10.0 Å². The summed E-state index contributed by atoms with van der Waals surface area (Å²) in [6, 6.07) is 7.56. The Bertz CT molecular complexity index is 504. The molecule has 0 saturated carbocycles. The van der Waals surface area contributed by atoms with Gasteiger partial charge in [-0.2, -0.15) is 0 Å². The Morgan fingerprint density at radius 1 is 1.30 bits per heavy atom. The highest BCUT2D eigenvalue weighted by Gasteiger charge is 2.27. The van der Waals surface area contributed by atoms with Crippen molar-refractivity contribution >= 4 is 23.5 Å². The minimum absolute atomic E-state index is 0.0174. The summed E-state index contributed by atoms with van der Waals surface area (Å²) in [6.45, 7) is 0.690. The second-order valence-electron chi connectivity index (χ2n) is 5.05. The number of nitrogens with zero attached hydrogens (tertiary/aromatic N) is 1. The number of carbonyl (C=O) groups is 2. The minimum atomic E-state index is -0.935. The lowest BCUT2D eigenvalue weighted by atomic mass is 9.95. The van der Waals surface area contributed by atoms with Crippen molar-refractivity contribution < 1.29 is 14.7 Å². The monoisotopic (exact) mass is 295 g/mol. The first kappa shape index (κ1) is 14.9. The molecule has 0 radical (unpaired) electrons. The SMILES string of the molecule is O=C(O)CCC(=O)N1CCCCC1c1cccc(Cl)c1. The molecule has 5 heteroatoms. The Hall–Kier alpha value is -1.55. The predicted molar refractivity (Wildman–Crippen MR) is 76.6 cm³/mol. The Morgan fingerprint density at radius 2 is 2.10 bits per heavy atom. The summed E-state index contributed by atoms with van der Waals surface area (Å²) in [4.78, 5) is 24.6. The fourth-order valence-corrected chi connectivity index (χ4v) is 2.85. The molecule has 1 amide bonds. The number of carboxylic acid groups (broad SMARTS) is 1. The maximum atomic E-state index is 12.2. The lowest BCUT2D eigenvalue weighted by molar-refractivity contribution is -0.142. The van der Waals surface area contributed by atoms with Gasteiger partial charge in [0, 0.05) is 18.0 Å². The number of carboxylic acids is 1. The fraction of sp³-hybridized carbons (Fsp3) is 0.467. The van der Waals surface area contributed by atoms with Crippen LogP contribution in [0.5, 0.6) is 0 Å². The highest BCUT2D eigenvalue weighted by molar-refractivity contribution is 6.30. The van der Waals surface area contributed by atoms with E-state index in [9.17, 15) is 9.59 Å². The highest BCUT2D eigenvalue weighted by Crippen LogP contribution is 2.32. The maximum Gasteiger partial charge on any atom is 0.303 e. The molecule has 1 atom stereocenters. The maximum absolute atomic E-state index is 12.2. The topological polar surface area (TPSA) is 57.6 Å². The predicted octanol–water partition coefficient (Wildman–Crippen LogP) is 3.26. The summed E-state index contributed by atoms with van der Waals surface area (Å²) in [5, 5.41) is 9.35. The van der Waals surface area contributed by atoms with Crippen LogP contribution in [0.3, 0.4) is 0 Å². The second-order valence-corrected chi connectivity index (χ2v) is 5.48. The Kier molecular flexibility index (Phi) is 5.01. The van der Waals surface area contributed by atoms with Crippen molar-refractivity contribution in [2.24, 2.45) is 0 Å². The number of amides is 1. The number of benzene rings is 1. The molecule has 1 heterocycles. The summed E-state index contributed by atoms with van der Waals surface area (Å²) in [6.07, 6.45) is 2.89. The van der Waals surface area contributed by atoms with E-state index in [4.69, 9.17) is 16.7 Å². The van der Waals surface area contributed by atoms with Gasteiger partial charge in [0.15, 0.2) is 0 Å². The number of hydrogen-bond donors (Lipinski definition) is 1. The van der Waals surface area contributed by atoms with E-state index in [0.717, 1.165) is 24.8 Å². The van der Waals surface area contributed by atoms with Gasteiger partial charge in [-0.1, -0.05) is 23.7 Å². The first-order chi connectivity index (χ1) is 9.58. The average Bonchev–Trinajstić information content (AvgIpc) is 2.44. The van der Waals surface area contributed by atoms with E-state index in [1.165, 1.54) is 0 Å². The molecule has 1 unspecified atom stereocenters. The third-order valence-electron chi connectivity index (χ3n) is 3.61. The van der Waals surface area contributed by atoms with Gasteiger partial charge in [-0.3, -0.25) is 9.59 Å². The molecule has 0 spiro atoms. The summed E-state index contributed by atoms with van der Waals surface area (Å²) >= 11 is 6.01. The van der Waals surface area contributed by atoms with Gasteiger partial charge in [-0.15, -0.1) is 0 Å². The van der Waals surface area contributed by atoms with E-state index in [-0.39, 0.29) is 24.8 Å². The molecule has 1 aliphatic heterocycles. The lowest BCUT2D eigenvalue weighted by Crippen LogP contribution is -2.38. The van der Waals surface area contributed by atoms with Gasteiger partial charge in [0.2, 0.25) is 5.91 Å². The molecular weight excluding hydrogens is 278 g/mol. The third-order valence-corrected chi connectivity index (χ3v) is 3.84. The second kappa shape index (κ2) is 6.75. The van der Waals surface area contributed by atoms with E-state index >= 15 is 0 Å². The zero-order valence-electron chi connectivity index (χ0n) is 11.2. The first-order valence-corrected chi connectivity index (χ1v) is 7.22. The standard InChI is InChI=1S/C15H18ClNO3/c16-12-5-3-4-11(10-12)13-6-1-2-9-17(13)14(18)7-8-15(19)20/h3-5,10,13H,1-2,6-9H2,(H,19,20). The molecule has 1 aliphatic rings. The van der Waals surface area contributed by atoms with Crippen LogP contribution in [0.25, 0.3) is 0 Å². The molecular formula is C15H18ClNO3. The largest absolute Gasteiger partial charge is 0.481 e. The molecule has 1 aromatic carbocycles. The molecule has 0 bridgehead atoms. The van der Waals surface area contributed by atoms with Crippen LogP contribution in [-0.4, -0.2) is 28.4 Å². The number of likely N-dealkylation sites (tertiary alicyclic amines) is 1. The van der Waals surface area contributed by atoms with Crippen molar-refractivity contribution in [3.05, 3.63) is 34.9 Å². The van der Waals surface area contributed by atoms with E-state index in [2.05, 4.69) is 0 Å². The quantitative estimate of drug-likeness (QED) is 0.927. The van der Waals surface area contributed by atoms with Crippen molar-refractivity contribution in [1.29, 1.82) is 0 Å². The fourth-order valence-electron chi connectivity index (χ4n) is 2.65. The zero-order valence-corrected chi connectivity index (χ0v) is 12.0. The molecule has 4 nitrogen and oxygen atoms in total. The van der Waals surface area contributed by atoms with Crippen LogP contribution >= 0.6 is 11.6 Å². The number of aliphatic carboxylic acids is 1. The number of hydrogen-bond acceptors (Lipinski definition) is 2. The number of piperidine rings is 1. The molecule has 0 aromatic heterocycles. The molecule has 1 fully saturated rings. The van der Waals surface area contributed by atoms with E-state index in [1.54, 1.807) is 4.90 Å². The van der Waals surface area contributed by atoms with E-state index in [1.807, 2.05) is 24.3 Å². The highest BCUT2D eigenvalue weighted by atomic mass is 35.5. The Balaban J connectivity index is 2.12. The van der Waals surface area contributed by atoms with Gasteiger partial charge in [-0.25, -0.2) is 0 Å². The van der Waals surface area contributed by atoms with Crippen LogP contribution in [0.15, 0.2) is 24.3 Å². The van der Waals surface area contributed by atoms with E-state index in [0.29, 0.717) is 11.6 Å². The lowest BCUT2D eigenvalue weighted by Gasteiger charge is -2.36. The molecule has 1 N–H and O–H groups in total. The van der Waals surface area contributed by atoms with Gasteiger partial charge in [-0.05, 0) is 37.0 Å². The van der Waals surface area contributed by atoms with Crippen LogP contribution in [0, 0.1) is 0 Å². The number of carbonyl (C=O) groups excluding carboxylic acids is 1. The van der Waals surface area contributed by atoms with Crippen LogP contribution in [0.2, 0.25) is 5.02 Å². The summed E-state index contributed by atoms with van der Waals surface area (Å²) in [7, 11) is 0. The zero-order chi connectivity index (χ0) is 14.5. The molecule has 2 rings (SSSR count). The average molecular weight is 296 g/mol. The Labute approximate surface area is 123 Å². The third kappa shape index (κ3) is 3.73. The smallest absolute Gasteiger partial charge is 0.303 e. The van der Waals surface area contributed by atoms with Crippen molar-refractivity contribution in [1.82, 2.24) is 4.90 Å². The molecule has 0 aliphatic carbocycles. The first-order valence-electron chi connectivity index (χ1n) is 6.84. The molecule has 1 aromatic rings. The minimum Gasteiger partial charge on any atom is -0.481 e. The summed E-state index contributed by atoms with van der Waals surface area (Å²) < 4.78 is 0. The van der Waals surface area contributed by atoms with Gasteiger partial charge >= 0.3 is 5.97 Å². The van der Waals surface area contributed by atoms with Gasteiger partial charge in [0.1, 0.15) is 0 Å². The van der Waals surface area contributed by atoms with E-state index < -0.39 is 5.97 Å². The summed E-state index contributed by atoms with van der Waals surface area (Å²) in [5.74, 6) is -1.02. The van der Waals surface area contributed by atoms with Crippen molar-refractivity contribution in [2.45, 2.75) is 38.1 Å². The van der Waals surface area contributed by atoms with Crippen LogP contribution in [0.4, 0.5) is 0 Å². The van der Waals surface area contributed by atoms with Crippen LogP contribution < -0.4 is 0 Å². The number of halogens is 1.